The Hall–Kier alpha value is -3.90. The number of likely N-dealkylation sites (tertiary alicyclic amines) is 1. The summed E-state index contributed by atoms with van der Waals surface area (Å²) in [5.74, 6) is -0.681. The van der Waals surface area contributed by atoms with Crippen LogP contribution >= 0.6 is 11.3 Å². The lowest BCUT2D eigenvalue weighted by Gasteiger charge is -2.39. The number of carbonyl (C=O) groups is 2. The molecule has 2 aliphatic heterocycles. The van der Waals surface area contributed by atoms with E-state index in [0.717, 1.165) is 34.4 Å². The van der Waals surface area contributed by atoms with Gasteiger partial charge in [-0.05, 0) is 76.7 Å². The first kappa shape index (κ1) is 29.2. The van der Waals surface area contributed by atoms with Crippen LogP contribution in [0.3, 0.4) is 0 Å². The number of aromatic nitrogens is 4. The number of piperidine rings is 1. The number of halogens is 1. The van der Waals surface area contributed by atoms with Crippen LogP contribution in [0.15, 0.2) is 35.8 Å². The Morgan fingerprint density at radius 3 is 2.74 bits per heavy atom. The number of hydrogen-bond donors (Lipinski definition) is 0. The first-order valence-electron chi connectivity index (χ1n) is 14.6. The Morgan fingerprint density at radius 1 is 1.16 bits per heavy atom. The van der Waals surface area contributed by atoms with Crippen molar-refractivity contribution in [3.8, 4) is 11.3 Å². The molecule has 0 spiro atoms. The van der Waals surface area contributed by atoms with Gasteiger partial charge in [0.05, 0.1) is 23.8 Å². The third-order valence-corrected chi connectivity index (χ3v) is 9.00. The second kappa shape index (κ2) is 11.3. The van der Waals surface area contributed by atoms with Gasteiger partial charge < -0.3 is 9.64 Å². The molecule has 0 saturated carbocycles. The molecule has 12 heteroatoms. The molecule has 1 fully saturated rings. The van der Waals surface area contributed by atoms with Gasteiger partial charge in [-0.25, -0.2) is 18.9 Å². The summed E-state index contributed by atoms with van der Waals surface area (Å²) >= 11 is 1.57. The number of benzene rings is 1. The van der Waals surface area contributed by atoms with Crippen molar-refractivity contribution in [3.05, 3.63) is 58.5 Å². The number of ether oxygens (including phenoxy) is 1. The monoisotopic (exact) mass is 605 g/mol. The molecule has 0 bridgehead atoms. The number of carbonyl (C=O) groups excluding carboxylic acids is 2. The molecule has 1 atom stereocenters. The van der Waals surface area contributed by atoms with Crippen molar-refractivity contribution in [1.29, 1.82) is 0 Å². The molecule has 3 aromatic heterocycles. The highest BCUT2D eigenvalue weighted by Gasteiger charge is 2.36. The summed E-state index contributed by atoms with van der Waals surface area (Å²) in [7, 11) is 2.02. The van der Waals surface area contributed by atoms with Gasteiger partial charge in [0.1, 0.15) is 22.9 Å². The van der Waals surface area contributed by atoms with Crippen LogP contribution in [0.25, 0.3) is 21.3 Å². The highest BCUT2D eigenvalue weighted by Crippen LogP contribution is 2.36. The lowest BCUT2D eigenvalue weighted by molar-refractivity contribution is 0.0196. The van der Waals surface area contributed by atoms with Gasteiger partial charge in [0, 0.05) is 48.0 Å². The summed E-state index contributed by atoms with van der Waals surface area (Å²) in [4.78, 5) is 37.5. The fraction of sp³-hybridized carbons (Fsp3) is 0.452. The van der Waals surface area contributed by atoms with Crippen LogP contribution in [0, 0.1) is 12.7 Å². The molecule has 1 aromatic carbocycles. The van der Waals surface area contributed by atoms with Crippen molar-refractivity contribution in [3.63, 3.8) is 0 Å². The summed E-state index contributed by atoms with van der Waals surface area (Å²) in [6, 6.07) is 6.10. The Labute approximate surface area is 254 Å². The van der Waals surface area contributed by atoms with Gasteiger partial charge in [-0.2, -0.15) is 0 Å². The number of thiophene rings is 1. The predicted molar refractivity (Wildman–Crippen MR) is 164 cm³/mol. The maximum absolute atomic E-state index is 16.0. The Bertz CT molecular complexity index is 1690. The Balaban J connectivity index is 1.38. The Morgan fingerprint density at radius 2 is 1.98 bits per heavy atom. The van der Waals surface area contributed by atoms with E-state index in [4.69, 9.17) is 4.74 Å². The van der Waals surface area contributed by atoms with Gasteiger partial charge in [-0.3, -0.25) is 14.6 Å². The molecular weight excluding hydrogens is 569 g/mol. The van der Waals surface area contributed by atoms with E-state index < -0.39 is 29.5 Å². The average molecular weight is 606 g/mol. The zero-order valence-corrected chi connectivity index (χ0v) is 25.9. The summed E-state index contributed by atoms with van der Waals surface area (Å²) in [5, 5.41) is 11.5. The second-order valence-electron chi connectivity index (χ2n) is 12.4. The number of fused-ring (bicyclic) bond motifs is 2. The maximum atomic E-state index is 16.0. The fourth-order valence-corrected chi connectivity index (χ4v) is 6.78. The first-order chi connectivity index (χ1) is 20.5. The van der Waals surface area contributed by atoms with E-state index >= 15 is 4.39 Å². The van der Waals surface area contributed by atoms with Crippen molar-refractivity contribution in [1.82, 2.24) is 29.8 Å². The number of likely N-dealkylation sites (N-methyl/N-ethyl adjacent to an activating group) is 1. The van der Waals surface area contributed by atoms with Crippen LogP contribution in [-0.4, -0.2) is 80.1 Å². The van der Waals surface area contributed by atoms with E-state index in [-0.39, 0.29) is 12.1 Å². The molecule has 2 aliphatic rings. The first-order valence-corrected chi connectivity index (χ1v) is 15.4. The van der Waals surface area contributed by atoms with Crippen molar-refractivity contribution in [2.75, 3.05) is 31.6 Å². The number of nitrogens with zero attached hydrogens (tertiary/aromatic N) is 7. The quantitative estimate of drug-likeness (QED) is 0.303. The number of pyridine rings is 1. The Kier molecular flexibility index (Phi) is 7.67. The molecule has 1 saturated heterocycles. The minimum absolute atomic E-state index is 0.0667. The molecule has 0 N–H and O–H groups in total. The number of aryl methyl sites for hydroxylation is 1. The minimum Gasteiger partial charge on any atom is -0.444 e. The number of hydrogen-bond acceptors (Lipinski definition) is 8. The zero-order chi connectivity index (χ0) is 30.5. The zero-order valence-electron chi connectivity index (χ0n) is 25.1. The summed E-state index contributed by atoms with van der Waals surface area (Å²) in [5.41, 5.74) is 2.37. The van der Waals surface area contributed by atoms with Crippen LogP contribution in [0.5, 0.6) is 0 Å². The minimum atomic E-state index is -0.648. The highest BCUT2D eigenvalue weighted by molar-refractivity contribution is 7.17. The van der Waals surface area contributed by atoms with E-state index in [0.29, 0.717) is 43.0 Å². The normalized spacial score (nSPS) is 17.6. The summed E-state index contributed by atoms with van der Waals surface area (Å²) in [6.07, 6.45) is 2.54. The highest BCUT2D eigenvalue weighted by atomic mass is 32.1. The van der Waals surface area contributed by atoms with E-state index in [1.165, 1.54) is 12.1 Å². The van der Waals surface area contributed by atoms with E-state index in [1.54, 1.807) is 33.4 Å². The second-order valence-corrected chi connectivity index (χ2v) is 13.3. The van der Waals surface area contributed by atoms with Gasteiger partial charge in [0.2, 0.25) is 0 Å². The van der Waals surface area contributed by atoms with Crippen LogP contribution in [-0.2, 0) is 17.8 Å². The lowest BCUT2D eigenvalue weighted by Crippen LogP contribution is -2.53. The molecule has 2 amide bonds. The van der Waals surface area contributed by atoms with Crippen LogP contribution in [0.4, 0.5) is 15.0 Å². The van der Waals surface area contributed by atoms with Crippen molar-refractivity contribution in [2.45, 2.75) is 65.3 Å². The molecule has 0 radical (unpaired) electrons. The van der Waals surface area contributed by atoms with Gasteiger partial charge in [0.15, 0.2) is 0 Å². The molecule has 6 rings (SSSR count). The van der Waals surface area contributed by atoms with E-state index in [1.807, 2.05) is 50.9 Å². The predicted octanol–water partition coefficient (Wildman–Crippen LogP) is 5.49. The molecule has 0 aliphatic carbocycles. The molecule has 226 valence electrons. The van der Waals surface area contributed by atoms with Gasteiger partial charge in [0.25, 0.3) is 5.91 Å². The third-order valence-electron chi connectivity index (χ3n) is 7.93. The fourth-order valence-electron chi connectivity index (χ4n) is 5.85. The van der Waals surface area contributed by atoms with E-state index in [2.05, 4.69) is 20.2 Å². The standard InChI is InChI=1S/C31H36FN7O3S/c1-19-18-43-25-10-11-33-28(26(19)25)39(21-7-6-12-37(16-21)30(41)42-31(2,3)4)29(40)22-9-8-20(15-23(22)32)27-24-17-36(5)13-14-38(24)35-34-27/h8-11,15,18,21H,6-7,12-14,16-17H2,1-5H3/t21-/m1/s1. The van der Waals surface area contributed by atoms with Crippen molar-refractivity contribution < 1.29 is 18.7 Å². The van der Waals surface area contributed by atoms with Gasteiger partial charge in [-0.15, -0.1) is 16.4 Å². The van der Waals surface area contributed by atoms with Crippen LogP contribution in [0.1, 0.15) is 55.2 Å². The summed E-state index contributed by atoms with van der Waals surface area (Å²) in [6.45, 7) is 10.5. The molecule has 5 heterocycles. The lowest BCUT2D eigenvalue weighted by atomic mass is 10.0. The molecule has 0 unspecified atom stereocenters. The number of anilines is 1. The molecular formula is C31H36FN7O3S. The number of amides is 2. The average Bonchev–Trinajstić information content (AvgIpc) is 3.56. The third kappa shape index (κ3) is 5.73. The van der Waals surface area contributed by atoms with Crippen molar-refractivity contribution in [2.24, 2.45) is 0 Å². The van der Waals surface area contributed by atoms with Crippen LogP contribution < -0.4 is 4.90 Å². The van der Waals surface area contributed by atoms with Crippen LogP contribution in [0.2, 0.25) is 0 Å². The maximum Gasteiger partial charge on any atom is 0.410 e. The van der Waals surface area contributed by atoms with Gasteiger partial charge >= 0.3 is 6.09 Å². The van der Waals surface area contributed by atoms with Gasteiger partial charge in [-0.1, -0.05) is 11.3 Å². The SMILES string of the molecule is Cc1csc2ccnc(N(C(=O)c3ccc(-c4nnn5c4CN(C)CC5)cc3F)[C@@H]3CCCN(C(=O)OC(C)(C)C)C3)c12. The number of rotatable bonds is 4. The molecule has 43 heavy (non-hydrogen) atoms. The topological polar surface area (TPSA) is 96.7 Å². The molecule has 10 nitrogen and oxygen atoms in total. The molecule has 4 aromatic rings. The largest absolute Gasteiger partial charge is 0.444 e. The van der Waals surface area contributed by atoms with E-state index in [9.17, 15) is 9.59 Å². The smallest absolute Gasteiger partial charge is 0.410 e. The van der Waals surface area contributed by atoms with Crippen molar-refractivity contribution >= 4 is 39.2 Å². The summed E-state index contributed by atoms with van der Waals surface area (Å²) < 4.78 is 24.4.